The minimum atomic E-state index is -0.374. The van der Waals surface area contributed by atoms with Crippen LogP contribution in [0.25, 0.3) is 5.69 Å². The van der Waals surface area contributed by atoms with Gasteiger partial charge in [-0.25, -0.2) is 4.68 Å². The summed E-state index contributed by atoms with van der Waals surface area (Å²) < 4.78 is 1.21. The lowest BCUT2D eigenvalue weighted by atomic mass is 10.3. The van der Waals surface area contributed by atoms with Gasteiger partial charge in [0.1, 0.15) is 5.82 Å². The highest BCUT2D eigenvalue weighted by atomic mass is 35.5. The van der Waals surface area contributed by atoms with Gasteiger partial charge in [0.2, 0.25) is 0 Å². The second-order valence-corrected chi connectivity index (χ2v) is 5.02. The number of carbonyl (C=O) groups excluding carboxylic acids is 1. The Balaban J connectivity index is 2.39. The molecule has 7 heteroatoms. The van der Waals surface area contributed by atoms with Crippen LogP contribution in [-0.2, 0) is 4.79 Å². The van der Waals surface area contributed by atoms with E-state index in [1.165, 1.54) is 16.8 Å². The normalized spacial score (nSPS) is 10.3. The van der Waals surface area contributed by atoms with Crippen LogP contribution in [-0.4, -0.2) is 15.7 Å². The van der Waals surface area contributed by atoms with Crippen LogP contribution in [0.15, 0.2) is 41.2 Å². The Morgan fingerprint density at radius 2 is 2.05 bits per heavy atom. The van der Waals surface area contributed by atoms with Gasteiger partial charge in [-0.15, -0.1) is 0 Å². The molecule has 0 radical (unpaired) electrons. The molecule has 0 spiro atoms. The molecule has 1 amide bonds. The molecule has 0 unspecified atom stereocenters. The number of hydrogen-bond donors (Lipinski definition) is 2. The standard InChI is InChI=1S/C13H11Cl2N3O2/c1-7(2)13(20)16-11-6-12(19)18(17-11)10-4-3-8(14)5-9(10)15/h3-6,17H,1H2,2H3,(H,16,20). The van der Waals surface area contributed by atoms with Crippen LogP contribution in [0.2, 0.25) is 10.0 Å². The second kappa shape index (κ2) is 5.56. The summed E-state index contributed by atoms with van der Waals surface area (Å²) in [6, 6.07) is 6.00. The van der Waals surface area contributed by atoms with E-state index in [-0.39, 0.29) is 17.3 Å². The predicted molar refractivity (Wildman–Crippen MR) is 79.9 cm³/mol. The average molecular weight is 312 g/mol. The first-order valence-electron chi connectivity index (χ1n) is 5.63. The van der Waals surface area contributed by atoms with E-state index in [1.807, 2.05) is 0 Å². The number of nitrogens with zero attached hydrogens (tertiary/aromatic N) is 1. The van der Waals surface area contributed by atoms with Gasteiger partial charge in [-0.1, -0.05) is 29.8 Å². The Labute approximate surface area is 124 Å². The molecular weight excluding hydrogens is 301 g/mol. The minimum Gasteiger partial charge on any atom is -0.307 e. The third-order valence-corrected chi connectivity index (χ3v) is 3.04. The molecule has 0 atom stereocenters. The lowest BCUT2D eigenvalue weighted by molar-refractivity contribution is -0.112. The highest BCUT2D eigenvalue weighted by Gasteiger charge is 2.11. The fraction of sp³-hybridized carbons (Fsp3) is 0.0769. The Morgan fingerprint density at radius 3 is 2.65 bits per heavy atom. The summed E-state index contributed by atoms with van der Waals surface area (Å²) in [6.07, 6.45) is 0. The quantitative estimate of drug-likeness (QED) is 0.856. The van der Waals surface area contributed by atoms with Crippen molar-refractivity contribution < 1.29 is 4.79 Å². The highest BCUT2D eigenvalue weighted by Crippen LogP contribution is 2.23. The number of benzene rings is 1. The van der Waals surface area contributed by atoms with E-state index in [9.17, 15) is 9.59 Å². The summed E-state index contributed by atoms with van der Waals surface area (Å²) in [7, 11) is 0. The van der Waals surface area contributed by atoms with Crippen LogP contribution in [0.5, 0.6) is 0 Å². The fourth-order valence-corrected chi connectivity index (χ4v) is 2.02. The third kappa shape index (κ3) is 2.95. The molecule has 2 rings (SSSR count). The zero-order chi connectivity index (χ0) is 14.9. The summed E-state index contributed by atoms with van der Waals surface area (Å²) in [4.78, 5) is 23.4. The van der Waals surface area contributed by atoms with Crippen molar-refractivity contribution in [3.8, 4) is 5.69 Å². The molecule has 0 saturated carbocycles. The number of halogens is 2. The van der Waals surface area contributed by atoms with Gasteiger partial charge in [-0.2, -0.15) is 0 Å². The van der Waals surface area contributed by atoms with Gasteiger partial charge >= 0.3 is 0 Å². The van der Waals surface area contributed by atoms with E-state index in [1.54, 1.807) is 19.1 Å². The van der Waals surface area contributed by atoms with E-state index in [4.69, 9.17) is 23.2 Å². The molecule has 20 heavy (non-hydrogen) atoms. The lowest BCUT2D eigenvalue weighted by Crippen LogP contribution is -2.14. The van der Waals surface area contributed by atoms with Gasteiger partial charge < -0.3 is 5.32 Å². The smallest absolute Gasteiger partial charge is 0.273 e. The number of H-pyrrole nitrogens is 1. The molecule has 0 aliphatic carbocycles. The molecule has 0 aliphatic heterocycles. The monoisotopic (exact) mass is 311 g/mol. The maximum atomic E-state index is 11.9. The van der Waals surface area contributed by atoms with Crippen LogP contribution in [0, 0.1) is 0 Å². The molecule has 0 bridgehead atoms. The van der Waals surface area contributed by atoms with Crippen molar-refractivity contribution in [2.45, 2.75) is 6.92 Å². The lowest BCUT2D eigenvalue weighted by Gasteiger charge is -2.05. The molecule has 1 heterocycles. The van der Waals surface area contributed by atoms with Crippen molar-refractivity contribution in [1.29, 1.82) is 0 Å². The maximum absolute atomic E-state index is 11.9. The van der Waals surface area contributed by atoms with Crippen molar-refractivity contribution in [3.63, 3.8) is 0 Å². The molecule has 5 nitrogen and oxygen atoms in total. The molecular formula is C13H11Cl2N3O2. The minimum absolute atomic E-state index is 0.258. The third-order valence-electron chi connectivity index (χ3n) is 2.51. The van der Waals surface area contributed by atoms with Gasteiger partial charge in [-0.3, -0.25) is 14.7 Å². The van der Waals surface area contributed by atoms with Crippen molar-refractivity contribution in [2.75, 3.05) is 5.32 Å². The fourth-order valence-electron chi connectivity index (χ4n) is 1.53. The Hall–Kier alpha value is -1.98. The van der Waals surface area contributed by atoms with E-state index in [0.29, 0.717) is 21.3 Å². The number of hydrogen-bond acceptors (Lipinski definition) is 2. The molecule has 0 aliphatic rings. The number of rotatable bonds is 3. The van der Waals surface area contributed by atoms with Gasteiger partial charge in [0.25, 0.3) is 11.5 Å². The molecule has 2 aromatic rings. The summed E-state index contributed by atoms with van der Waals surface area (Å²) >= 11 is 11.8. The van der Waals surface area contributed by atoms with E-state index in [2.05, 4.69) is 17.0 Å². The van der Waals surface area contributed by atoms with Gasteiger partial charge in [0.05, 0.1) is 10.7 Å². The summed E-state index contributed by atoms with van der Waals surface area (Å²) in [5, 5.41) is 6.05. The van der Waals surface area contributed by atoms with E-state index in [0.717, 1.165) is 0 Å². The maximum Gasteiger partial charge on any atom is 0.273 e. The predicted octanol–water partition coefficient (Wildman–Crippen LogP) is 2.99. The van der Waals surface area contributed by atoms with Gasteiger partial charge in [0, 0.05) is 16.7 Å². The first-order chi connectivity index (χ1) is 9.38. The Morgan fingerprint density at radius 1 is 1.35 bits per heavy atom. The second-order valence-electron chi connectivity index (χ2n) is 4.17. The van der Waals surface area contributed by atoms with Gasteiger partial charge in [-0.05, 0) is 25.1 Å². The highest BCUT2D eigenvalue weighted by molar-refractivity contribution is 6.35. The molecule has 1 aromatic heterocycles. The zero-order valence-electron chi connectivity index (χ0n) is 10.5. The number of amides is 1. The van der Waals surface area contributed by atoms with Crippen LogP contribution >= 0.6 is 23.2 Å². The number of aromatic amines is 1. The van der Waals surface area contributed by atoms with Crippen molar-refractivity contribution in [1.82, 2.24) is 9.78 Å². The largest absolute Gasteiger partial charge is 0.307 e. The van der Waals surface area contributed by atoms with Crippen molar-refractivity contribution in [2.24, 2.45) is 0 Å². The number of anilines is 1. The van der Waals surface area contributed by atoms with Crippen LogP contribution in [0.1, 0.15) is 6.92 Å². The first kappa shape index (κ1) is 14.4. The molecule has 2 N–H and O–H groups in total. The summed E-state index contributed by atoms with van der Waals surface area (Å²) in [6.45, 7) is 5.09. The molecule has 104 valence electrons. The zero-order valence-corrected chi connectivity index (χ0v) is 12.0. The van der Waals surface area contributed by atoms with E-state index >= 15 is 0 Å². The van der Waals surface area contributed by atoms with Crippen LogP contribution < -0.4 is 10.9 Å². The Bertz CT molecular complexity index is 746. The first-order valence-corrected chi connectivity index (χ1v) is 6.38. The number of nitrogens with one attached hydrogen (secondary N) is 2. The van der Waals surface area contributed by atoms with Crippen molar-refractivity contribution >= 4 is 34.9 Å². The van der Waals surface area contributed by atoms with Crippen LogP contribution in [0.4, 0.5) is 5.82 Å². The summed E-state index contributed by atoms with van der Waals surface area (Å²) in [5.41, 5.74) is 0.422. The number of aromatic nitrogens is 2. The number of carbonyl (C=O) groups is 1. The summed E-state index contributed by atoms with van der Waals surface area (Å²) in [5.74, 6) is -0.116. The molecule has 1 aromatic carbocycles. The van der Waals surface area contributed by atoms with Crippen molar-refractivity contribution in [3.05, 3.63) is 56.8 Å². The topological polar surface area (TPSA) is 66.9 Å². The molecule has 0 fully saturated rings. The van der Waals surface area contributed by atoms with E-state index < -0.39 is 0 Å². The molecule has 0 saturated heterocycles. The van der Waals surface area contributed by atoms with Crippen LogP contribution in [0.3, 0.4) is 0 Å². The average Bonchev–Trinajstić information content (AvgIpc) is 2.70. The SMILES string of the molecule is C=C(C)C(=O)Nc1cc(=O)n(-c2ccc(Cl)cc2Cl)[nH]1. The Kier molecular flexibility index (Phi) is 4.01. The van der Waals surface area contributed by atoms with Gasteiger partial charge in [0.15, 0.2) is 0 Å².